The molecular weight excluding hydrogens is 327 g/mol. The van der Waals surface area contributed by atoms with Crippen LogP contribution in [0.5, 0.6) is 0 Å². The zero-order valence-corrected chi connectivity index (χ0v) is 11.5. The van der Waals surface area contributed by atoms with Crippen molar-refractivity contribution >= 4 is 26.0 Å². The summed E-state index contributed by atoms with van der Waals surface area (Å²) in [6.45, 7) is 0. The molecule has 0 saturated carbocycles. The highest BCUT2D eigenvalue weighted by atomic mass is 79.9. The number of hydrogen-bond acceptors (Lipinski definition) is 4. The first-order valence-corrected chi connectivity index (χ1v) is 7.03. The van der Waals surface area contributed by atoms with Gasteiger partial charge >= 0.3 is 0 Å². The Kier molecular flexibility index (Phi) is 3.21. The summed E-state index contributed by atoms with van der Waals surface area (Å²) in [6.07, 6.45) is 0. The van der Waals surface area contributed by atoms with Crippen molar-refractivity contribution in [3.05, 3.63) is 28.5 Å². The van der Waals surface area contributed by atoms with E-state index in [4.69, 9.17) is 5.14 Å². The van der Waals surface area contributed by atoms with Crippen LogP contribution in [0.1, 0.15) is 0 Å². The van der Waals surface area contributed by atoms with Gasteiger partial charge in [-0.25, -0.2) is 17.9 Å². The highest BCUT2D eigenvalue weighted by Crippen LogP contribution is 2.26. The summed E-state index contributed by atoms with van der Waals surface area (Å²) in [5, 5.41) is 11.6. The minimum Gasteiger partial charge on any atom is -0.300 e. The third-order valence-corrected chi connectivity index (χ3v) is 3.76. The van der Waals surface area contributed by atoms with Gasteiger partial charge in [0.25, 0.3) is 15.2 Å². The van der Waals surface area contributed by atoms with Crippen LogP contribution in [0.2, 0.25) is 0 Å². The van der Waals surface area contributed by atoms with Gasteiger partial charge in [-0.2, -0.15) is 0 Å². The Balaban J connectivity index is 2.67. The van der Waals surface area contributed by atoms with Crippen LogP contribution in [0.3, 0.4) is 0 Å². The molecule has 2 rings (SSSR count). The molecule has 0 aliphatic rings. The van der Waals surface area contributed by atoms with E-state index < -0.39 is 21.0 Å². The van der Waals surface area contributed by atoms with Gasteiger partial charge in [-0.1, -0.05) is 6.07 Å². The Labute approximate surface area is 111 Å². The molecule has 2 N–H and O–H groups in total. The van der Waals surface area contributed by atoms with Gasteiger partial charge < -0.3 is 0 Å². The highest BCUT2D eigenvalue weighted by molar-refractivity contribution is 9.10. The van der Waals surface area contributed by atoms with Crippen molar-refractivity contribution in [1.82, 2.24) is 14.8 Å². The summed E-state index contributed by atoms with van der Waals surface area (Å²) in [5.41, 5.74) is 0.134. The van der Waals surface area contributed by atoms with Crippen molar-refractivity contribution < 1.29 is 12.8 Å². The van der Waals surface area contributed by atoms with Crippen LogP contribution in [-0.4, -0.2) is 23.2 Å². The Morgan fingerprint density at radius 2 is 2.06 bits per heavy atom. The second kappa shape index (κ2) is 4.41. The van der Waals surface area contributed by atoms with E-state index in [1.165, 1.54) is 19.2 Å². The van der Waals surface area contributed by atoms with Crippen LogP contribution in [-0.2, 0) is 17.1 Å². The van der Waals surface area contributed by atoms with Crippen LogP contribution in [0.15, 0.2) is 27.8 Å². The van der Waals surface area contributed by atoms with E-state index in [9.17, 15) is 12.8 Å². The van der Waals surface area contributed by atoms with Crippen molar-refractivity contribution in [3.8, 4) is 11.4 Å². The van der Waals surface area contributed by atoms with Gasteiger partial charge in [-0.3, -0.25) is 4.57 Å². The van der Waals surface area contributed by atoms with E-state index in [1.54, 1.807) is 6.07 Å². The molecule has 1 aromatic carbocycles. The first-order chi connectivity index (χ1) is 8.32. The van der Waals surface area contributed by atoms with Gasteiger partial charge in [0, 0.05) is 7.05 Å². The second-order valence-corrected chi connectivity index (χ2v) is 5.82. The number of nitrogens with zero attached hydrogens (tertiary/aromatic N) is 3. The van der Waals surface area contributed by atoms with Crippen molar-refractivity contribution in [2.24, 2.45) is 12.2 Å². The fraction of sp³-hybridized carbons (Fsp3) is 0.111. The molecule has 0 fully saturated rings. The smallest absolute Gasteiger partial charge is 0.273 e. The van der Waals surface area contributed by atoms with Gasteiger partial charge in [-0.15, -0.1) is 10.2 Å². The molecule has 96 valence electrons. The molecule has 1 aromatic heterocycles. The molecular formula is C9H8BrFN4O2S. The molecule has 0 radical (unpaired) electrons. The number of sulfonamides is 1. The average molecular weight is 335 g/mol. The molecule has 0 aliphatic carbocycles. The molecule has 0 unspecified atom stereocenters. The van der Waals surface area contributed by atoms with Crippen LogP contribution >= 0.6 is 15.9 Å². The minimum atomic E-state index is -3.99. The van der Waals surface area contributed by atoms with Crippen LogP contribution in [0, 0.1) is 5.82 Å². The van der Waals surface area contributed by atoms with Crippen molar-refractivity contribution in [1.29, 1.82) is 0 Å². The van der Waals surface area contributed by atoms with Gasteiger partial charge in [0.1, 0.15) is 5.82 Å². The fourth-order valence-electron chi connectivity index (χ4n) is 1.47. The standard InChI is InChI=1S/C9H8BrFN4O2S/c1-15-8(13-14-9(15)18(12,16)17)5-3-2-4-6(10)7(5)11/h2-4H,1H3,(H2,12,16,17). The molecule has 9 heteroatoms. The number of aromatic nitrogens is 3. The SMILES string of the molecule is Cn1c(-c2cccc(Br)c2F)nnc1S(N)(=O)=O. The van der Waals surface area contributed by atoms with Crippen molar-refractivity contribution in [2.45, 2.75) is 5.16 Å². The molecule has 0 bridgehead atoms. The first kappa shape index (κ1) is 13.1. The van der Waals surface area contributed by atoms with Crippen LogP contribution in [0.4, 0.5) is 4.39 Å². The Morgan fingerprint density at radius 3 is 2.61 bits per heavy atom. The maximum Gasteiger partial charge on any atom is 0.273 e. The summed E-state index contributed by atoms with van der Waals surface area (Å²) in [7, 11) is -2.59. The normalized spacial score (nSPS) is 11.8. The number of primary sulfonamides is 1. The number of hydrogen-bond donors (Lipinski definition) is 1. The summed E-state index contributed by atoms with van der Waals surface area (Å²) in [6, 6.07) is 4.60. The molecule has 1 heterocycles. The lowest BCUT2D eigenvalue weighted by Gasteiger charge is -2.04. The van der Waals surface area contributed by atoms with E-state index >= 15 is 0 Å². The van der Waals surface area contributed by atoms with Gasteiger partial charge in [0.2, 0.25) is 0 Å². The Hall–Kier alpha value is -1.32. The molecule has 0 amide bonds. The van der Waals surface area contributed by atoms with Crippen molar-refractivity contribution in [3.63, 3.8) is 0 Å². The largest absolute Gasteiger partial charge is 0.300 e. The molecule has 0 saturated heterocycles. The average Bonchev–Trinajstić information content (AvgIpc) is 2.64. The van der Waals surface area contributed by atoms with E-state index in [0.717, 1.165) is 4.57 Å². The summed E-state index contributed by atoms with van der Waals surface area (Å²) < 4.78 is 37.6. The summed E-state index contributed by atoms with van der Waals surface area (Å²) >= 11 is 3.04. The maximum atomic E-state index is 13.9. The zero-order chi connectivity index (χ0) is 13.5. The van der Waals surface area contributed by atoms with Crippen LogP contribution < -0.4 is 5.14 Å². The lowest BCUT2D eigenvalue weighted by Crippen LogP contribution is -2.17. The number of rotatable bonds is 2. The van der Waals surface area contributed by atoms with Gasteiger partial charge in [0.05, 0.1) is 10.0 Å². The molecule has 0 aliphatic heterocycles. The third kappa shape index (κ3) is 2.16. The van der Waals surface area contributed by atoms with E-state index in [1.807, 2.05) is 0 Å². The summed E-state index contributed by atoms with van der Waals surface area (Å²) in [5.74, 6) is -0.466. The minimum absolute atomic E-state index is 0.0813. The molecule has 6 nitrogen and oxygen atoms in total. The van der Waals surface area contributed by atoms with Gasteiger partial charge in [0.15, 0.2) is 5.82 Å². The fourth-order valence-corrected chi connectivity index (χ4v) is 2.46. The van der Waals surface area contributed by atoms with Crippen molar-refractivity contribution in [2.75, 3.05) is 0 Å². The molecule has 0 spiro atoms. The number of benzene rings is 1. The molecule has 0 atom stereocenters. The highest BCUT2D eigenvalue weighted by Gasteiger charge is 2.21. The van der Waals surface area contributed by atoms with Crippen LogP contribution in [0.25, 0.3) is 11.4 Å². The van der Waals surface area contributed by atoms with E-state index in [-0.39, 0.29) is 15.9 Å². The second-order valence-electron chi connectivity index (χ2n) is 3.51. The monoisotopic (exact) mass is 334 g/mol. The van der Waals surface area contributed by atoms with E-state index in [2.05, 4.69) is 26.1 Å². The molecule has 2 aromatic rings. The predicted molar refractivity (Wildman–Crippen MR) is 65.5 cm³/mol. The Bertz CT molecular complexity index is 713. The maximum absolute atomic E-state index is 13.9. The van der Waals surface area contributed by atoms with E-state index in [0.29, 0.717) is 0 Å². The predicted octanol–water partition coefficient (Wildman–Crippen LogP) is 1.03. The Morgan fingerprint density at radius 1 is 1.39 bits per heavy atom. The lowest BCUT2D eigenvalue weighted by atomic mass is 10.2. The number of nitrogens with two attached hydrogens (primary N) is 1. The lowest BCUT2D eigenvalue weighted by molar-refractivity contribution is 0.579. The first-order valence-electron chi connectivity index (χ1n) is 4.69. The number of halogens is 2. The molecule has 18 heavy (non-hydrogen) atoms. The summed E-state index contributed by atoms with van der Waals surface area (Å²) in [4.78, 5) is 0. The topological polar surface area (TPSA) is 90.9 Å². The van der Waals surface area contributed by atoms with Gasteiger partial charge in [-0.05, 0) is 28.1 Å². The zero-order valence-electron chi connectivity index (χ0n) is 9.13. The third-order valence-electron chi connectivity index (χ3n) is 2.28. The quantitative estimate of drug-likeness (QED) is 0.887.